The van der Waals surface area contributed by atoms with E-state index < -0.39 is 13.0 Å². The van der Waals surface area contributed by atoms with Crippen molar-refractivity contribution in [3.05, 3.63) is 16.2 Å². The minimum atomic E-state index is -2.47. The first kappa shape index (κ1) is 14.9. The van der Waals surface area contributed by atoms with Gasteiger partial charge in [-0.25, -0.2) is 13.8 Å². The third-order valence-electron chi connectivity index (χ3n) is 2.31. The second-order valence-corrected chi connectivity index (χ2v) is 4.98. The molecular weight excluding hydrogens is 290 g/mol. The maximum atomic E-state index is 11.9. The number of ether oxygens (including phenoxy) is 1. The highest BCUT2D eigenvalue weighted by Gasteiger charge is 2.14. The van der Waals surface area contributed by atoms with E-state index in [0.717, 1.165) is 5.01 Å². The number of aromatic nitrogens is 3. The topological polar surface area (TPSA) is 87.1 Å². The summed E-state index contributed by atoms with van der Waals surface area (Å²) >= 11 is 1.41. The smallest absolute Gasteiger partial charge is 0.277 e. The average molecular weight is 304 g/mol. The third kappa shape index (κ3) is 4.02. The second kappa shape index (κ2) is 6.82. The van der Waals surface area contributed by atoms with Crippen molar-refractivity contribution in [2.75, 3.05) is 13.2 Å². The molecule has 0 aliphatic heterocycles. The number of thiazole rings is 1. The zero-order valence-corrected chi connectivity index (χ0v) is 11.6. The van der Waals surface area contributed by atoms with Crippen molar-refractivity contribution in [3.8, 4) is 11.6 Å². The molecular formula is C11H14F2N4O2S. The first-order valence-corrected chi connectivity index (χ1v) is 6.84. The number of rotatable bonds is 7. The lowest BCUT2D eigenvalue weighted by Crippen LogP contribution is -2.07. The highest BCUT2D eigenvalue weighted by molar-refractivity contribution is 7.10. The van der Waals surface area contributed by atoms with Crippen molar-refractivity contribution in [1.82, 2.24) is 15.1 Å². The Labute approximate surface area is 118 Å². The van der Waals surface area contributed by atoms with E-state index in [-0.39, 0.29) is 18.5 Å². The van der Waals surface area contributed by atoms with Gasteiger partial charge in [-0.1, -0.05) is 5.16 Å². The lowest BCUT2D eigenvalue weighted by Gasteiger charge is -1.99. The summed E-state index contributed by atoms with van der Waals surface area (Å²) in [5.41, 5.74) is 6.28. The molecule has 0 spiro atoms. The first-order valence-electron chi connectivity index (χ1n) is 5.96. The van der Waals surface area contributed by atoms with Crippen LogP contribution in [0, 0.1) is 0 Å². The molecule has 20 heavy (non-hydrogen) atoms. The Morgan fingerprint density at radius 2 is 2.25 bits per heavy atom. The Balaban J connectivity index is 1.91. The molecule has 0 saturated heterocycles. The first-order chi connectivity index (χ1) is 9.56. The van der Waals surface area contributed by atoms with E-state index in [1.54, 1.807) is 5.38 Å². The summed E-state index contributed by atoms with van der Waals surface area (Å²) in [6.45, 7) is 1.36. The minimum Gasteiger partial charge on any atom is -0.375 e. The number of nitrogens with zero attached hydrogens (tertiary/aromatic N) is 3. The van der Waals surface area contributed by atoms with Crippen LogP contribution in [0.25, 0.3) is 11.6 Å². The van der Waals surface area contributed by atoms with Crippen molar-refractivity contribution in [2.45, 2.75) is 25.8 Å². The molecule has 2 aromatic rings. The summed E-state index contributed by atoms with van der Waals surface area (Å²) in [5, 5.41) is 6.30. The van der Waals surface area contributed by atoms with Crippen LogP contribution in [0.5, 0.6) is 0 Å². The fraction of sp³-hybridized carbons (Fsp3) is 0.545. The van der Waals surface area contributed by atoms with Gasteiger partial charge in [0, 0.05) is 11.8 Å². The molecule has 1 unspecified atom stereocenters. The Morgan fingerprint density at radius 1 is 1.45 bits per heavy atom. The summed E-state index contributed by atoms with van der Waals surface area (Å²) in [6.07, 6.45) is -2.16. The third-order valence-corrected chi connectivity index (χ3v) is 3.36. The summed E-state index contributed by atoms with van der Waals surface area (Å²) < 4.78 is 33.5. The van der Waals surface area contributed by atoms with Gasteiger partial charge in [-0.15, -0.1) is 11.3 Å². The summed E-state index contributed by atoms with van der Waals surface area (Å²) in [7, 11) is 0. The molecule has 6 nitrogen and oxygen atoms in total. The molecule has 9 heteroatoms. The van der Waals surface area contributed by atoms with Gasteiger partial charge in [-0.2, -0.15) is 4.98 Å². The number of alkyl halides is 2. The molecule has 0 aromatic carbocycles. The van der Waals surface area contributed by atoms with E-state index in [1.807, 2.05) is 6.92 Å². The molecule has 0 aliphatic carbocycles. The lowest BCUT2D eigenvalue weighted by atomic mass is 10.4. The minimum absolute atomic E-state index is 0.117. The Kier molecular flexibility index (Phi) is 5.10. The van der Waals surface area contributed by atoms with E-state index in [9.17, 15) is 8.78 Å². The maximum Gasteiger partial charge on any atom is 0.277 e. The van der Waals surface area contributed by atoms with Crippen LogP contribution in [0.1, 0.15) is 23.8 Å². The van der Waals surface area contributed by atoms with Crippen molar-refractivity contribution < 1.29 is 18.0 Å². The van der Waals surface area contributed by atoms with Crippen LogP contribution in [0.2, 0.25) is 0 Å². The van der Waals surface area contributed by atoms with Gasteiger partial charge in [0.2, 0.25) is 0 Å². The molecule has 0 aliphatic rings. The summed E-state index contributed by atoms with van der Waals surface area (Å²) in [5.74, 6) is 0.682. The molecule has 0 fully saturated rings. The van der Waals surface area contributed by atoms with E-state index in [2.05, 4.69) is 15.1 Å². The van der Waals surface area contributed by atoms with Crippen LogP contribution in [0.3, 0.4) is 0 Å². The number of nitrogens with two attached hydrogens (primary N) is 1. The van der Waals surface area contributed by atoms with Gasteiger partial charge in [0.1, 0.15) is 17.3 Å². The normalized spacial score (nSPS) is 13.1. The zero-order valence-electron chi connectivity index (χ0n) is 10.8. The van der Waals surface area contributed by atoms with Gasteiger partial charge in [0.05, 0.1) is 12.6 Å². The fourth-order valence-corrected chi connectivity index (χ4v) is 2.14. The Morgan fingerprint density at radius 3 is 2.90 bits per heavy atom. The molecule has 1 atom stereocenters. The number of halogens is 2. The van der Waals surface area contributed by atoms with Gasteiger partial charge in [0.15, 0.2) is 5.82 Å². The fourth-order valence-electron chi connectivity index (χ4n) is 1.39. The van der Waals surface area contributed by atoms with E-state index >= 15 is 0 Å². The molecule has 0 amide bonds. The number of hydrogen-bond donors (Lipinski definition) is 1. The van der Waals surface area contributed by atoms with Gasteiger partial charge >= 0.3 is 0 Å². The molecule has 2 N–H and O–H groups in total. The van der Waals surface area contributed by atoms with Gasteiger partial charge in [-0.05, 0) is 6.92 Å². The van der Waals surface area contributed by atoms with Gasteiger partial charge in [0.25, 0.3) is 12.3 Å². The van der Waals surface area contributed by atoms with Crippen molar-refractivity contribution in [2.24, 2.45) is 5.73 Å². The zero-order chi connectivity index (χ0) is 14.5. The average Bonchev–Trinajstić information content (AvgIpc) is 3.03. The molecule has 2 heterocycles. The predicted octanol–water partition coefficient (Wildman–Crippen LogP) is 2.04. The molecule has 2 rings (SSSR count). The van der Waals surface area contributed by atoms with Gasteiger partial charge < -0.3 is 15.0 Å². The monoisotopic (exact) mass is 304 g/mol. The van der Waals surface area contributed by atoms with E-state index in [1.165, 1.54) is 11.3 Å². The second-order valence-electron chi connectivity index (χ2n) is 4.09. The highest BCUT2D eigenvalue weighted by atomic mass is 32.1. The van der Waals surface area contributed by atoms with Crippen LogP contribution in [-0.4, -0.2) is 34.8 Å². The van der Waals surface area contributed by atoms with Crippen LogP contribution in [0.15, 0.2) is 9.90 Å². The molecule has 0 radical (unpaired) electrons. The predicted molar refractivity (Wildman–Crippen MR) is 68.5 cm³/mol. The summed E-state index contributed by atoms with van der Waals surface area (Å²) in [6, 6.07) is -0.154. The Hall–Kier alpha value is -1.45. The highest BCUT2D eigenvalue weighted by Crippen LogP contribution is 2.23. The van der Waals surface area contributed by atoms with E-state index in [4.69, 9.17) is 15.0 Å². The molecule has 110 valence electrons. The quantitative estimate of drug-likeness (QED) is 0.788. The van der Waals surface area contributed by atoms with Crippen molar-refractivity contribution in [1.29, 1.82) is 0 Å². The summed E-state index contributed by atoms with van der Waals surface area (Å²) in [4.78, 5) is 8.41. The lowest BCUT2D eigenvalue weighted by molar-refractivity contribution is 0.0182. The largest absolute Gasteiger partial charge is 0.375 e. The van der Waals surface area contributed by atoms with Crippen molar-refractivity contribution >= 4 is 11.3 Å². The molecule has 2 aromatic heterocycles. The number of hydrogen-bond acceptors (Lipinski definition) is 7. The van der Waals surface area contributed by atoms with Crippen molar-refractivity contribution in [3.63, 3.8) is 0 Å². The molecule has 0 saturated carbocycles. The maximum absolute atomic E-state index is 11.9. The van der Waals surface area contributed by atoms with Gasteiger partial charge in [-0.3, -0.25) is 0 Å². The van der Waals surface area contributed by atoms with Crippen LogP contribution in [0.4, 0.5) is 8.78 Å². The van der Waals surface area contributed by atoms with Crippen LogP contribution in [-0.2, 0) is 11.2 Å². The van der Waals surface area contributed by atoms with E-state index in [0.29, 0.717) is 17.9 Å². The standard InChI is InChI=1S/C11H14F2N4O2S/c1-6(14)11-15-7(5-20-11)10-16-9(17-19-10)2-3-18-4-8(12)13/h5-6,8H,2-4,14H2,1H3. The van der Waals surface area contributed by atoms with Crippen LogP contribution < -0.4 is 5.73 Å². The Bertz CT molecular complexity index is 544. The van der Waals surface area contributed by atoms with Crippen LogP contribution >= 0.6 is 11.3 Å². The SMILES string of the molecule is CC(N)c1nc(-c2nc(CCOCC(F)F)no2)cs1. The molecule has 0 bridgehead atoms.